The summed E-state index contributed by atoms with van der Waals surface area (Å²) in [6.07, 6.45) is 6.17. The number of nitriles is 1. The maximum atomic E-state index is 13.1. The summed E-state index contributed by atoms with van der Waals surface area (Å²) in [7, 11) is 0. The number of hydrogen-bond donors (Lipinski definition) is 0. The molecule has 0 radical (unpaired) electrons. The van der Waals surface area contributed by atoms with E-state index in [1.54, 1.807) is 34.6 Å². The lowest BCUT2D eigenvalue weighted by molar-refractivity contribution is -0.132. The van der Waals surface area contributed by atoms with Crippen molar-refractivity contribution >= 4 is 27.5 Å². The molecule has 0 spiro atoms. The molecule has 0 N–H and O–H groups in total. The van der Waals surface area contributed by atoms with Crippen LogP contribution in [-0.2, 0) is 30.7 Å². The highest BCUT2D eigenvalue weighted by atomic mass is 32.1. The monoisotopic (exact) mass is 410 g/mol. The number of carbonyl (C=O) groups excluding carboxylic acids is 1. The summed E-state index contributed by atoms with van der Waals surface area (Å²) >= 11 is 1.60. The molecule has 0 fully saturated rings. The number of thiophene rings is 1. The summed E-state index contributed by atoms with van der Waals surface area (Å²) in [6.45, 7) is 2.68. The van der Waals surface area contributed by atoms with E-state index in [2.05, 4.69) is 18.0 Å². The van der Waals surface area contributed by atoms with Gasteiger partial charge in [0.15, 0.2) is 0 Å². The molecule has 4 rings (SSSR count). The average molecular weight is 410 g/mol. The van der Waals surface area contributed by atoms with Crippen LogP contribution in [0, 0.1) is 17.2 Å². The van der Waals surface area contributed by atoms with Crippen molar-refractivity contribution in [3.05, 3.63) is 51.3 Å². The summed E-state index contributed by atoms with van der Waals surface area (Å²) in [5.41, 5.74) is 0.952. The molecule has 1 amide bonds. The second-order valence-electron chi connectivity index (χ2n) is 7.51. The van der Waals surface area contributed by atoms with E-state index in [1.165, 1.54) is 15.8 Å². The second-order valence-corrected chi connectivity index (χ2v) is 8.60. The van der Waals surface area contributed by atoms with Gasteiger partial charge in [0.2, 0.25) is 5.91 Å². The minimum Gasteiger partial charge on any atom is -0.467 e. The summed E-state index contributed by atoms with van der Waals surface area (Å²) in [6, 6.07) is 5.60. The van der Waals surface area contributed by atoms with E-state index in [0.29, 0.717) is 17.1 Å². The number of nitrogens with zero attached hydrogens (tertiary/aromatic N) is 4. The fraction of sp³-hybridized carbons (Fsp3) is 0.429. The molecule has 29 heavy (non-hydrogen) atoms. The van der Waals surface area contributed by atoms with Crippen LogP contribution in [0.1, 0.15) is 36.0 Å². The molecule has 1 atom stereocenters. The lowest BCUT2D eigenvalue weighted by Crippen LogP contribution is -2.36. The Morgan fingerprint density at radius 2 is 2.38 bits per heavy atom. The van der Waals surface area contributed by atoms with Crippen molar-refractivity contribution in [1.82, 2.24) is 14.5 Å². The molecular formula is C21H22N4O3S. The minimum atomic E-state index is -0.238. The van der Waals surface area contributed by atoms with Crippen molar-refractivity contribution in [3.63, 3.8) is 0 Å². The first-order valence-electron chi connectivity index (χ1n) is 9.73. The van der Waals surface area contributed by atoms with Crippen molar-refractivity contribution in [3.8, 4) is 6.07 Å². The van der Waals surface area contributed by atoms with E-state index in [9.17, 15) is 9.59 Å². The molecule has 3 aromatic rings. The number of aromatic nitrogens is 2. The molecule has 1 aliphatic rings. The van der Waals surface area contributed by atoms with Crippen molar-refractivity contribution in [2.75, 3.05) is 6.54 Å². The quantitative estimate of drug-likeness (QED) is 0.623. The van der Waals surface area contributed by atoms with Gasteiger partial charge in [-0.15, -0.1) is 11.3 Å². The van der Waals surface area contributed by atoms with Crippen LogP contribution in [0.3, 0.4) is 0 Å². The number of carbonyl (C=O) groups is 1. The molecule has 0 saturated carbocycles. The molecular weight excluding hydrogens is 388 g/mol. The number of fused-ring (bicyclic) bond motifs is 3. The van der Waals surface area contributed by atoms with E-state index in [0.717, 1.165) is 29.7 Å². The number of rotatable bonds is 6. The zero-order chi connectivity index (χ0) is 20.4. The Kier molecular flexibility index (Phi) is 5.49. The Hall–Kier alpha value is -2.92. The first-order chi connectivity index (χ1) is 14.1. The molecule has 0 aliphatic heterocycles. The molecule has 0 bridgehead atoms. The van der Waals surface area contributed by atoms with Gasteiger partial charge in [-0.3, -0.25) is 14.2 Å². The van der Waals surface area contributed by atoms with Crippen LogP contribution in [0.2, 0.25) is 0 Å². The lowest BCUT2D eigenvalue weighted by atomic mass is 9.89. The van der Waals surface area contributed by atoms with Gasteiger partial charge in [-0.2, -0.15) is 5.26 Å². The normalized spacial score (nSPS) is 15.8. The fourth-order valence-electron chi connectivity index (χ4n) is 3.79. The molecule has 150 valence electrons. The van der Waals surface area contributed by atoms with Crippen LogP contribution >= 0.6 is 11.3 Å². The second kappa shape index (κ2) is 8.21. The van der Waals surface area contributed by atoms with Gasteiger partial charge in [0.05, 0.1) is 37.0 Å². The van der Waals surface area contributed by atoms with E-state index < -0.39 is 0 Å². The fourth-order valence-corrected chi connectivity index (χ4v) is 5.13. The third-order valence-electron chi connectivity index (χ3n) is 5.36. The van der Waals surface area contributed by atoms with E-state index in [-0.39, 0.29) is 37.5 Å². The Balaban J connectivity index is 1.60. The van der Waals surface area contributed by atoms with Crippen molar-refractivity contribution < 1.29 is 9.21 Å². The van der Waals surface area contributed by atoms with Gasteiger partial charge in [0.1, 0.15) is 17.1 Å². The predicted octanol–water partition coefficient (Wildman–Crippen LogP) is 3.12. The van der Waals surface area contributed by atoms with Gasteiger partial charge < -0.3 is 9.32 Å². The number of aryl methyl sites for hydroxylation is 1. The minimum absolute atomic E-state index is 0.102. The lowest BCUT2D eigenvalue weighted by Gasteiger charge is -2.21. The van der Waals surface area contributed by atoms with Crippen molar-refractivity contribution in [1.29, 1.82) is 5.26 Å². The van der Waals surface area contributed by atoms with E-state index >= 15 is 0 Å². The molecule has 1 aliphatic carbocycles. The molecule has 3 heterocycles. The number of amides is 1. The Labute approximate surface area is 172 Å². The van der Waals surface area contributed by atoms with Gasteiger partial charge >= 0.3 is 0 Å². The van der Waals surface area contributed by atoms with Crippen LogP contribution in [0.4, 0.5) is 0 Å². The SMILES string of the molecule is C[C@@H]1CCc2c(sc3ncn(CC(=O)N(CCC#N)Cc4ccco4)c(=O)c23)C1. The maximum Gasteiger partial charge on any atom is 0.262 e. The van der Waals surface area contributed by atoms with Gasteiger partial charge in [-0.05, 0) is 42.9 Å². The molecule has 0 unspecified atom stereocenters. The summed E-state index contributed by atoms with van der Waals surface area (Å²) in [5.74, 6) is 1.02. The summed E-state index contributed by atoms with van der Waals surface area (Å²) in [4.78, 5) is 34.0. The number of hydrogen-bond acceptors (Lipinski definition) is 6. The van der Waals surface area contributed by atoms with Crippen LogP contribution in [0.25, 0.3) is 10.2 Å². The summed E-state index contributed by atoms with van der Waals surface area (Å²) in [5, 5.41) is 9.58. The van der Waals surface area contributed by atoms with Crippen LogP contribution in [0.5, 0.6) is 0 Å². The Morgan fingerprint density at radius 1 is 1.52 bits per heavy atom. The zero-order valence-electron chi connectivity index (χ0n) is 16.3. The highest BCUT2D eigenvalue weighted by Gasteiger charge is 2.24. The molecule has 8 heteroatoms. The van der Waals surface area contributed by atoms with Crippen LogP contribution in [0.15, 0.2) is 33.9 Å². The first-order valence-corrected chi connectivity index (χ1v) is 10.5. The maximum absolute atomic E-state index is 13.1. The zero-order valence-corrected chi connectivity index (χ0v) is 17.1. The van der Waals surface area contributed by atoms with Crippen LogP contribution < -0.4 is 5.56 Å². The predicted molar refractivity (Wildman–Crippen MR) is 109 cm³/mol. The highest BCUT2D eigenvalue weighted by molar-refractivity contribution is 7.18. The molecule has 0 aromatic carbocycles. The van der Waals surface area contributed by atoms with Crippen LogP contribution in [-0.4, -0.2) is 26.9 Å². The standard InChI is InChI=1S/C21H22N4O3S/c1-14-5-6-16-17(10-14)29-20-19(16)21(27)25(13-23-20)12-18(26)24(8-3-7-22)11-15-4-2-9-28-15/h2,4,9,13-14H,3,5-6,8,10-12H2,1H3/t14-/m1/s1. The van der Waals surface area contributed by atoms with Crippen molar-refractivity contribution in [2.24, 2.45) is 5.92 Å². The highest BCUT2D eigenvalue weighted by Crippen LogP contribution is 2.35. The van der Waals surface area contributed by atoms with Gasteiger partial charge in [0, 0.05) is 11.4 Å². The first kappa shape index (κ1) is 19.4. The van der Waals surface area contributed by atoms with E-state index in [1.807, 2.05) is 0 Å². The van der Waals surface area contributed by atoms with Gasteiger partial charge in [-0.25, -0.2) is 4.98 Å². The Morgan fingerprint density at radius 3 is 3.14 bits per heavy atom. The molecule has 3 aromatic heterocycles. The number of furan rings is 1. The topological polar surface area (TPSA) is 92.1 Å². The van der Waals surface area contributed by atoms with Crippen molar-refractivity contribution in [2.45, 2.75) is 45.7 Å². The van der Waals surface area contributed by atoms with Gasteiger partial charge in [-0.1, -0.05) is 6.92 Å². The smallest absolute Gasteiger partial charge is 0.262 e. The molecule has 0 saturated heterocycles. The third-order valence-corrected chi connectivity index (χ3v) is 6.52. The van der Waals surface area contributed by atoms with E-state index in [4.69, 9.17) is 9.68 Å². The molecule has 7 nitrogen and oxygen atoms in total. The third kappa shape index (κ3) is 3.96. The van der Waals surface area contributed by atoms with Gasteiger partial charge in [0.25, 0.3) is 5.56 Å². The average Bonchev–Trinajstić information content (AvgIpc) is 3.34. The largest absolute Gasteiger partial charge is 0.467 e. The Bertz CT molecular complexity index is 1120. The summed E-state index contributed by atoms with van der Waals surface area (Å²) < 4.78 is 6.72.